The van der Waals surface area contributed by atoms with Gasteiger partial charge in [-0.1, -0.05) is 44.2 Å². The van der Waals surface area contributed by atoms with E-state index in [1.165, 1.54) is 13.8 Å². The van der Waals surface area contributed by atoms with Crippen molar-refractivity contribution < 1.29 is 23.2 Å². The Hall–Kier alpha value is -2.31. The Bertz CT molecular complexity index is 589. The quantitative estimate of drug-likeness (QED) is 0.671. The molecule has 7 heteroatoms. The average molecular weight is 340 g/mol. The zero-order valence-corrected chi connectivity index (χ0v) is 13.7. The van der Waals surface area contributed by atoms with Crippen molar-refractivity contribution in [2.24, 2.45) is 17.6 Å². The van der Waals surface area contributed by atoms with E-state index in [0.717, 1.165) is 5.56 Å². The van der Waals surface area contributed by atoms with Crippen LogP contribution in [-0.2, 0) is 20.8 Å². The third kappa shape index (κ3) is 5.40. The van der Waals surface area contributed by atoms with Gasteiger partial charge in [-0.25, -0.2) is 0 Å². The lowest BCUT2D eigenvalue weighted by Crippen LogP contribution is -2.50. The number of nitrogens with two attached hydrogens (primary N) is 1. The van der Waals surface area contributed by atoms with Crippen LogP contribution in [0.1, 0.15) is 25.8 Å². The highest BCUT2D eigenvalue weighted by atomic mass is 19.3. The van der Waals surface area contributed by atoms with E-state index < -0.39 is 41.8 Å². The second-order valence-electron chi connectivity index (χ2n) is 5.95. The van der Waals surface area contributed by atoms with Crippen molar-refractivity contribution in [2.45, 2.75) is 32.6 Å². The van der Waals surface area contributed by atoms with E-state index in [9.17, 15) is 23.2 Å². The lowest BCUT2D eigenvalue weighted by Gasteiger charge is -2.23. The van der Waals surface area contributed by atoms with Crippen molar-refractivity contribution in [2.75, 3.05) is 6.54 Å². The number of halogens is 2. The van der Waals surface area contributed by atoms with Crippen molar-refractivity contribution in [1.29, 1.82) is 0 Å². The number of ketones is 1. The zero-order valence-electron chi connectivity index (χ0n) is 13.7. The Morgan fingerprint density at radius 1 is 1.17 bits per heavy atom. The summed E-state index contributed by atoms with van der Waals surface area (Å²) in [5, 5.41) is 2.07. The molecule has 0 saturated heterocycles. The Morgan fingerprint density at radius 2 is 1.75 bits per heavy atom. The molecule has 0 heterocycles. The fourth-order valence-electron chi connectivity index (χ4n) is 2.27. The van der Waals surface area contributed by atoms with Crippen LogP contribution in [0.4, 0.5) is 8.78 Å². The molecule has 2 amide bonds. The highest BCUT2D eigenvalue weighted by Crippen LogP contribution is 2.27. The van der Waals surface area contributed by atoms with Gasteiger partial charge in [0.05, 0.1) is 0 Å². The number of amides is 2. The highest BCUT2D eigenvalue weighted by Gasteiger charge is 2.50. The summed E-state index contributed by atoms with van der Waals surface area (Å²) in [6.07, 6.45) is -0.144. The van der Waals surface area contributed by atoms with E-state index in [0.29, 0.717) is 6.42 Å². The van der Waals surface area contributed by atoms with E-state index in [4.69, 9.17) is 5.73 Å². The van der Waals surface area contributed by atoms with Gasteiger partial charge in [-0.05, 0) is 17.9 Å². The summed E-state index contributed by atoms with van der Waals surface area (Å²) < 4.78 is 28.2. The van der Waals surface area contributed by atoms with Gasteiger partial charge in [0.2, 0.25) is 11.7 Å². The Morgan fingerprint density at radius 3 is 2.25 bits per heavy atom. The average Bonchev–Trinajstić information content (AvgIpc) is 2.52. The van der Waals surface area contributed by atoms with Gasteiger partial charge in [-0.3, -0.25) is 14.4 Å². The zero-order chi connectivity index (χ0) is 18.3. The molecule has 1 unspecified atom stereocenters. The number of Topliss-reactive ketones (excluding diaryl/α,β-unsaturated/α-hetero) is 1. The van der Waals surface area contributed by atoms with Gasteiger partial charge < -0.3 is 11.1 Å². The molecule has 5 nitrogen and oxygen atoms in total. The number of primary amides is 1. The van der Waals surface area contributed by atoms with Crippen LogP contribution < -0.4 is 11.1 Å². The van der Waals surface area contributed by atoms with Gasteiger partial charge in [0.1, 0.15) is 0 Å². The maximum Gasteiger partial charge on any atom is 0.381 e. The molecule has 0 aromatic heterocycles. The molecule has 0 fully saturated rings. The predicted octanol–water partition coefficient (Wildman–Crippen LogP) is 1.70. The minimum absolute atomic E-state index is 0.0200. The highest BCUT2D eigenvalue weighted by molar-refractivity contribution is 6.09. The number of benzene rings is 1. The summed E-state index contributed by atoms with van der Waals surface area (Å²) in [7, 11) is 0. The molecule has 0 saturated carbocycles. The van der Waals surface area contributed by atoms with E-state index in [1.807, 2.05) is 6.07 Å². The standard InChI is InChI=1S/C17H22F2N2O3/c1-11(2)13(10-14(20)22)15(23)17(18,19)16(24)21-9-8-12-6-4-3-5-7-12/h3-7,11,13H,8-10H2,1-2H3,(H2,20,22)(H,21,24). The molecule has 0 spiro atoms. The Labute approximate surface area is 139 Å². The number of carbonyl (C=O) groups excluding carboxylic acids is 3. The van der Waals surface area contributed by atoms with Crippen LogP contribution in [0.15, 0.2) is 30.3 Å². The summed E-state index contributed by atoms with van der Waals surface area (Å²) in [5.41, 5.74) is 5.87. The summed E-state index contributed by atoms with van der Waals surface area (Å²) in [6.45, 7) is 3.03. The first-order valence-electron chi connectivity index (χ1n) is 7.69. The molecule has 0 radical (unpaired) electrons. The second kappa shape index (κ2) is 8.52. The van der Waals surface area contributed by atoms with Crippen LogP contribution in [-0.4, -0.2) is 30.1 Å². The minimum Gasteiger partial charge on any atom is -0.370 e. The molecule has 0 aliphatic carbocycles. The molecular weight excluding hydrogens is 318 g/mol. The Balaban J connectivity index is 2.68. The molecule has 1 aromatic carbocycles. The van der Waals surface area contributed by atoms with E-state index >= 15 is 0 Å². The van der Waals surface area contributed by atoms with Gasteiger partial charge >= 0.3 is 5.92 Å². The molecule has 0 aliphatic rings. The van der Waals surface area contributed by atoms with Crippen LogP contribution >= 0.6 is 0 Å². The monoisotopic (exact) mass is 340 g/mol. The summed E-state index contributed by atoms with van der Waals surface area (Å²) >= 11 is 0. The molecule has 1 rings (SSSR count). The SMILES string of the molecule is CC(C)C(CC(N)=O)C(=O)C(F)(F)C(=O)NCCc1ccccc1. The van der Waals surface area contributed by atoms with Gasteiger partial charge in [0, 0.05) is 18.9 Å². The maximum atomic E-state index is 14.1. The van der Waals surface area contributed by atoms with Crippen LogP contribution in [0, 0.1) is 11.8 Å². The van der Waals surface area contributed by atoms with E-state index in [-0.39, 0.29) is 6.54 Å². The molecule has 132 valence electrons. The number of nitrogens with one attached hydrogen (secondary N) is 1. The number of carbonyl (C=O) groups is 3. The van der Waals surface area contributed by atoms with Gasteiger partial charge in [0.25, 0.3) is 5.91 Å². The first-order valence-corrected chi connectivity index (χ1v) is 7.69. The minimum atomic E-state index is -4.19. The largest absolute Gasteiger partial charge is 0.381 e. The van der Waals surface area contributed by atoms with E-state index in [2.05, 4.69) is 5.32 Å². The van der Waals surface area contributed by atoms with Crippen LogP contribution in [0.2, 0.25) is 0 Å². The predicted molar refractivity (Wildman–Crippen MR) is 85.2 cm³/mol. The third-order valence-corrected chi connectivity index (χ3v) is 3.70. The topological polar surface area (TPSA) is 89.3 Å². The van der Waals surface area contributed by atoms with Crippen molar-refractivity contribution in [1.82, 2.24) is 5.32 Å². The lowest BCUT2D eigenvalue weighted by molar-refractivity contribution is -0.162. The summed E-state index contributed by atoms with van der Waals surface area (Å²) in [5.74, 6) is -10.1. The molecule has 0 aliphatic heterocycles. The molecule has 24 heavy (non-hydrogen) atoms. The first-order chi connectivity index (χ1) is 11.2. The Kier molecular flexibility index (Phi) is 7.00. The number of rotatable bonds is 9. The molecular formula is C17H22F2N2O3. The molecule has 1 aromatic rings. The maximum absolute atomic E-state index is 14.1. The normalized spacial score (nSPS) is 12.7. The number of hydrogen-bond acceptors (Lipinski definition) is 3. The fraction of sp³-hybridized carbons (Fsp3) is 0.471. The number of hydrogen-bond donors (Lipinski definition) is 2. The van der Waals surface area contributed by atoms with Gasteiger partial charge in [-0.15, -0.1) is 0 Å². The third-order valence-electron chi connectivity index (χ3n) is 3.70. The van der Waals surface area contributed by atoms with Crippen molar-refractivity contribution >= 4 is 17.6 Å². The number of alkyl halides is 2. The van der Waals surface area contributed by atoms with Crippen molar-refractivity contribution in [3.05, 3.63) is 35.9 Å². The van der Waals surface area contributed by atoms with E-state index in [1.54, 1.807) is 24.3 Å². The van der Waals surface area contributed by atoms with Crippen LogP contribution in [0.5, 0.6) is 0 Å². The molecule has 1 atom stereocenters. The molecule has 3 N–H and O–H groups in total. The second-order valence-corrected chi connectivity index (χ2v) is 5.95. The summed E-state index contributed by atoms with van der Waals surface area (Å²) in [6, 6.07) is 9.02. The first kappa shape index (κ1) is 19.7. The van der Waals surface area contributed by atoms with Gasteiger partial charge in [0.15, 0.2) is 0 Å². The van der Waals surface area contributed by atoms with Crippen LogP contribution in [0.25, 0.3) is 0 Å². The lowest BCUT2D eigenvalue weighted by atomic mass is 9.85. The molecule has 0 bridgehead atoms. The van der Waals surface area contributed by atoms with Crippen LogP contribution in [0.3, 0.4) is 0 Å². The van der Waals surface area contributed by atoms with Crippen molar-refractivity contribution in [3.8, 4) is 0 Å². The van der Waals surface area contributed by atoms with Gasteiger partial charge in [-0.2, -0.15) is 8.78 Å². The smallest absolute Gasteiger partial charge is 0.370 e. The fourth-order valence-corrected chi connectivity index (χ4v) is 2.27. The van der Waals surface area contributed by atoms with Crippen molar-refractivity contribution in [3.63, 3.8) is 0 Å². The summed E-state index contributed by atoms with van der Waals surface area (Å²) in [4.78, 5) is 34.7.